The molecule has 1 aliphatic carbocycles. The van der Waals surface area contributed by atoms with Gasteiger partial charge >= 0.3 is 13.2 Å². The van der Waals surface area contributed by atoms with Gasteiger partial charge in [-0.05, 0) is 39.0 Å². The number of rotatable bonds is 10. The molecule has 1 aromatic carbocycles. The van der Waals surface area contributed by atoms with E-state index < -0.39 is 13.2 Å². The largest absolute Gasteiger partial charge is 0.468 e. The van der Waals surface area contributed by atoms with Crippen molar-refractivity contribution in [2.75, 3.05) is 18.7 Å². The van der Waals surface area contributed by atoms with E-state index in [0.29, 0.717) is 25.2 Å². The van der Waals surface area contributed by atoms with Gasteiger partial charge in [0.25, 0.3) is 6.47 Å². The number of anilines is 1. The maximum absolute atomic E-state index is 13.2. The van der Waals surface area contributed by atoms with Crippen molar-refractivity contribution < 1.29 is 23.4 Å². The number of aromatic nitrogens is 2. The summed E-state index contributed by atoms with van der Waals surface area (Å²) in [6, 6.07) is 10.4. The molecule has 0 bridgehead atoms. The van der Waals surface area contributed by atoms with Gasteiger partial charge in [-0.2, -0.15) is 4.98 Å². The summed E-state index contributed by atoms with van der Waals surface area (Å²) in [5, 5.41) is 2.99. The van der Waals surface area contributed by atoms with Crippen molar-refractivity contribution >= 4 is 19.8 Å². The second kappa shape index (κ2) is 15.9. The Hall–Kier alpha value is -2.94. The lowest BCUT2D eigenvalue weighted by Gasteiger charge is -2.24. The molecule has 3 unspecified atom stereocenters. The highest BCUT2D eigenvalue weighted by Gasteiger charge is 2.30. The topological polar surface area (TPSA) is 135 Å². The molecular weight excluding hydrogens is 471 g/mol. The molecular formula is C24H37N4O6P. The normalized spacial score (nSPS) is 17.9. The lowest BCUT2D eigenvalue weighted by Crippen LogP contribution is -2.28. The number of nitrogens with zero attached hydrogens (tertiary/aromatic N) is 2. The number of nitrogens with one attached hydrogen (secondary N) is 1. The van der Waals surface area contributed by atoms with Crippen LogP contribution >= 0.6 is 7.52 Å². The third kappa shape index (κ3) is 10.9. The number of allylic oxidation sites excluding steroid dienone is 1. The SMILES string of the molecule is CC.CC(C)NP(=O)(COC1C=CC(n2ccc(N)nc2=O)C1)Oc1ccccc1.CCOC=O. The fourth-order valence-corrected chi connectivity index (χ4v) is 4.87. The minimum Gasteiger partial charge on any atom is -0.468 e. The van der Waals surface area contributed by atoms with Gasteiger partial charge in [0.2, 0.25) is 0 Å². The van der Waals surface area contributed by atoms with Crippen LogP contribution in [-0.2, 0) is 18.8 Å². The Morgan fingerprint density at radius 2 is 1.91 bits per heavy atom. The van der Waals surface area contributed by atoms with E-state index in [1.807, 2.05) is 58.0 Å². The van der Waals surface area contributed by atoms with Gasteiger partial charge < -0.3 is 19.7 Å². The zero-order chi connectivity index (χ0) is 26.3. The molecule has 0 aliphatic heterocycles. The lowest BCUT2D eigenvalue weighted by atomic mass is 10.2. The first-order chi connectivity index (χ1) is 16.8. The summed E-state index contributed by atoms with van der Waals surface area (Å²) < 4.78 is 30.5. The molecule has 1 aliphatic rings. The average Bonchev–Trinajstić information content (AvgIpc) is 3.29. The minimum absolute atomic E-state index is 0.0376. The summed E-state index contributed by atoms with van der Waals surface area (Å²) >= 11 is 0. The van der Waals surface area contributed by atoms with Crippen LogP contribution in [0, 0.1) is 0 Å². The highest BCUT2D eigenvalue weighted by atomic mass is 31.2. The van der Waals surface area contributed by atoms with Gasteiger partial charge in [-0.15, -0.1) is 0 Å². The van der Waals surface area contributed by atoms with E-state index in [9.17, 15) is 14.2 Å². The Labute approximate surface area is 207 Å². The maximum atomic E-state index is 13.2. The van der Waals surface area contributed by atoms with E-state index in [-0.39, 0.29) is 30.4 Å². The quantitative estimate of drug-likeness (QED) is 0.276. The monoisotopic (exact) mass is 508 g/mol. The number of ether oxygens (including phenoxy) is 2. The zero-order valence-electron chi connectivity index (χ0n) is 21.0. The van der Waals surface area contributed by atoms with Gasteiger partial charge in [-0.1, -0.05) is 44.2 Å². The van der Waals surface area contributed by atoms with Crippen molar-refractivity contribution in [2.24, 2.45) is 0 Å². The lowest BCUT2D eigenvalue weighted by molar-refractivity contribution is -0.128. The highest BCUT2D eigenvalue weighted by Crippen LogP contribution is 2.44. The van der Waals surface area contributed by atoms with Crippen LogP contribution < -0.4 is 21.0 Å². The van der Waals surface area contributed by atoms with Crippen molar-refractivity contribution in [1.82, 2.24) is 14.6 Å². The van der Waals surface area contributed by atoms with Crippen LogP contribution in [0.25, 0.3) is 0 Å². The molecule has 2 aromatic rings. The molecule has 0 spiro atoms. The Balaban J connectivity index is 0.000000779. The smallest absolute Gasteiger partial charge is 0.350 e. The Morgan fingerprint density at radius 1 is 1.23 bits per heavy atom. The van der Waals surface area contributed by atoms with Gasteiger partial charge in [0.1, 0.15) is 17.9 Å². The number of carbonyl (C=O) groups is 1. The highest BCUT2D eigenvalue weighted by molar-refractivity contribution is 7.57. The number of carbonyl (C=O) groups excluding carboxylic acids is 1. The van der Waals surface area contributed by atoms with Gasteiger partial charge in [0.15, 0.2) is 0 Å². The zero-order valence-corrected chi connectivity index (χ0v) is 21.9. The molecule has 0 saturated carbocycles. The third-order valence-electron chi connectivity index (χ3n) is 4.37. The first kappa shape index (κ1) is 30.1. The van der Waals surface area contributed by atoms with Gasteiger partial charge in [0, 0.05) is 18.7 Å². The predicted molar refractivity (Wildman–Crippen MR) is 137 cm³/mol. The average molecular weight is 509 g/mol. The molecule has 0 saturated heterocycles. The minimum atomic E-state index is -3.26. The molecule has 0 radical (unpaired) electrons. The molecule has 1 heterocycles. The van der Waals surface area contributed by atoms with Gasteiger partial charge in [-0.25, -0.2) is 9.88 Å². The fraction of sp³-hybridized carbons (Fsp3) is 0.458. The third-order valence-corrected chi connectivity index (χ3v) is 6.28. The number of nitrogens with two attached hydrogens (primary N) is 1. The Kier molecular flexibility index (Phi) is 13.6. The first-order valence-electron chi connectivity index (χ1n) is 11.6. The van der Waals surface area contributed by atoms with E-state index in [2.05, 4.69) is 14.8 Å². The number of benzene rings is 1. The van der Waals surface area contributed by atoms with E-state index in [4.69, 9.17) is 15.0 Å². The number of hydrogen-bond donors (Lipinski definition) is 2. The number of nitrogen functional groups attached to an aromatic ring is 1. The van der Waals surface area contributed by atoms with Crippen LogP contribution in [0.5, 0.6) is 5.75 Å². The Morgan fingerprint density at radius 3 is 2.46 bits per heavy atom. The molecule has 0 fully saturated rings. The summed E-state index contributed by atoms with van der Waals surface area (Å²) in [7, 11) is -3.26. The van der Waals surface area contributed by atoms with E-state index in [1.54, 1.807) is 31.3 Å². The van der Waals surface area contributed by atoms with Crippen molar-refractivity contribution in [3.8, 4) is 5.75 Å². The standard InChI is InChI=1S/C19H25N4O4P.C3H6O2.C2H6/c1-14(2)22-28(25,27-16-6-4-3-5-7-16)13-26-17-9-8-15(12-17)23-11-10-18(20)21-19(23)24;1-2-5-3-4;1-2/h3-11,14-15,17H,12-13H2,1-2H3,(H,22,25)(H2,20,21,24);3H,2H2,1H3;1-2H3. The second-order valence-electron chi connectivity index (χ2n) is 7.48. The van der Waals surface area contributed by atoms with E-state index in [0.717, 1.165) is 0 Å². The van der Waals surface area contributed by atoms with Crippen LogP contribution in [0.2, 0.25) is 0 Å². The summed E-state index contributed by atoms with van der Waals surface area (Å²) in [5.41, 5.74) is 5.13. The van der Waals surface area contributed by atoms with Crippen LogP contribution in [0.1, 0.15) is 47.1 Å². The molecule has 3 atom stereocenters. The summed E-state index contributed by atoms with van der Waals surface area (Å²) in [5.74, 6) is 0.705. The van der Waals surface area contributed by atoms with E-state index >= 15 is 0 Å². The fourth-order valence-electron chi connectivity index (χ4n) is 3.05. The first-order valence-corrected chi connectivity index (χ1v) is 13.4. The van der Waals surface area contributed by atoms with Crippen LogP contribution in [0.15, 0.2) is 59.5 Å². The van der Waals surface area contributed by atoms with Crippen molar-refractivity contribution in [2.45, 2.75) is 59.2 Å². The van der Waals surface area contributed by atoms with E-state index in [1.165, 1.54) is 4.57 Å². The van der Waals surface area contributed by atoms with Crippen molar-refractivity contribution in [3.63, 3.8) is 0 Å². The molecule has 35 heavy (non-hydrogen) atoms. The number of para-hydroxylation sites is 1. The predicted octanol–water partition coefficient (Wildman–Crippen LogP) is 4.14. The van der Waals surface area contributed by atoms with Crippen LogP contribution in [0.4, 0.5) is 5.82 Å². The van der Waals surface area contributed by atoms with Gasteiger partial charge in [0.05, 0.1) is 18.8 Å². The van der Waals surface area contributed by atoms with Crippen LogP contribution in [-0.4, -0.2) is 41.1 Å². The molecule has 194 valence electrons. The van der Waals surface area contributed by atoms with Crippen molar-refractivity contribution in [3.05, 3.63) is 65.2 Å². The molecule has 0 amide bonds. The molecule has 10 nitrogen and oxygen atoms in total. The van der Waals surface area contributed by atoms with Crippen LogP contribution in [0.3, 0.4) is 0 Å². The molecule has 3 N–H and O–H groups in total. The molecule has 1 aromatic heterocycles. The van der Waals surface area contributed by atoms with Gasteiger partial charge in [-0.3, -0.25) is 13.9 Å². The number of hydrogen-bond acceptors (Lipinski definition) is 8. The maximum Gasteiger partial charge on any atom is 0.350 e. The Bertz CT molecular complexity index is 1010. The molecule has 11 heteroatoms. The molecule has 3 rings (SSSR count). The van der Waals surface area contributed by atoms with Crippen molar-refractivity contribution in [1.29, 1.82) is 0 Å². The summed E-state index contributed by atoms with van der Waals surface area (Å²) in [6.45, 7) is 10.5. The summed E-state index contributed by atoms with van der Waals surface area (Å²) in [6.07, 6.45) is 5.52. The summed E-state index contributed by atoms with van der Waals surface area (Å²) in [4.78, 5) is 24.9. The second-order valence-corrected chi connectivity index (χ2v) is 9.52.